The maximum Gasteiger partial charge on any atom is 0.227 e. The van der Waals surface area contributed by atoms with Crippen molar-refractivity contribution in [1.82, 2.24) is 9.80 Å². The first kappa shape index (κ1) is 16.9. The van der Waals surface area contributed by atoms with Crippen molar-refractivity contribution in [2.45, 2.75) is 31.0 Å². The molecule has 0 N–H and O–H groups in total. The van der Waals surface area contributed by atoms with Crippen LogP contribution in [0.25, 0.3) is 0 Å². The largest absolute Gasteiger partial charge is 0.496 e. The molecular formula is C20H28N2O3. The van der Waals surface area contributed by atoms with Gasteiger partial charge in [-0.25, -0.2) is 0 Å². The van der Waals surface area contributed by atoms with Gasteiger partial charge >= 0.3 is 0 Å². The molecule has 1 amide bonds. The highest BCUT2D eigenvalue weighted by molar-refractivity contribution is 5.80. The summed E-state index contributed by atoms with van der Waals surface area (Å²) in [4.78, 5) is 17.2. The minimum atomic E-state index is -0.0816. The monoisotopic (exact) mass is 344 g/mol. The van der Waals surface area contributed by atoms with Crippen LogP contribution in [-0.2, 0) is 16.0 Å². The average Bonchev–Trinajstić information content (AvgIpc) is 3.24. The molecule has 2 bridgehead atoms. The zero-order valence-corrected chi connectivity index (χ0v) is 15.4. The second-order valence-corrected chi connectivity index (χ2v) is 8.06. The van der Waals surface area contributed by atoms with Gasteiger partial charge in [0.15, 0.2) is 0 Å². The number of fused-ring (bicyclic) bond motifs is 1. The molecule has 0 unspecified atom stereocenters. The molecule has 25 heavy (non-hydrogen) atoms. The Bertz CT molecular complexity index is 662. The maximum atomic E-state index is 12.9. The molecule has 3 heterocycles. The van der Waals surface area contributed by atoms with Gasteiger partial charge in [0.25, 0.3) is 0 Å². The lowest BCUT2D eigenvalue weighted by atomic mass is 9.73. The topological polar surface area (TPSA) is 42.0 Å². The minimum Gasteiger partial charge on any atom is -0.496 e. The van der Waals surface area contributed by atoms with Crippen molar-refractivity contribution < 1.29 is 14.3 Å². The highest BCUT2D eigenvalue weighted by Gasteiger charge is 2.63. The number of rotatable bonds is 5. The van der Waals surface area contributed by atoms with Crippen LogP contribution in [0.3, 0.4) is 0 Å². The van der Waals surface area contributed by atoms with Crippen LogP contribution in [-0.4, -0.2) is 68.3 Å². The van der Waals surface area contributed by atoms with Crippen molar-refractivity contribution in [2.75, 3.05) is 40.8 Å². The Morgan fingerprint density at radius 2 is 2.20 bits per heavy atom. The summed E-state index contributed by atoms with van der Waals surface area (Å²) in [5.74, 6) is 2.00. The van der Waals surface area contributed by atoms with E-state index in [2.05, 4.69) is 19.0 Å². The number of carbonyl (C=O) groups is 1. The van der Waals surface area contributed by atoms with Gasteiger partial charge in [0.2, 0.25) is 5.91 Å². The third kappa shape index (κ3) is 2.83. The van der Waals surface area contributed by atoms with E-state index in [4.69, 9.17) is 9.47 Å². The lowest BCUT2D eigenvalue weighted by Crippen LogP contribution is -2.40. The Kier molecular flexibility index (Phi) is 4.24. The van der Waals surface area contributed by atoms with Crippen LogP contribution < -0.4 is 4.74 Å². The Morgan fingerprint density at radius 3 is 2.96 bits per heavy atom. The fraction of sp³-hybridized carbons (Fsp3) is 0.650. The van der Waals surface area contributed by atoms with Crippen LogP contribution in [0, 0.1) is 11.8 Å². The Labute approximate surface area is 149 Å². The minimum absolute atomic E-state index is 0.0816. The Morgan fingerprint density at radius 1 is 1.40 bits per heavy atom. The van der Waals surface area contributed by atoms with E-state index in [1.807, 2.05) is 29.2 Å². The molecule has 3 aliphatic heterocycles. The van der Waals surface area contributed by atoms with Crippen LogP contribution in [0.5, 0.6) is 5.75 Å². The third-order valence-electron chi connectivity index (χ3n) is 6.25. The predicted molar refractivity (Wildman–Crippen MR) is 95.7 cm³/mol. The number of ether oxygens (including phenoxy) is 2. The molecule has 1 aromatic rings. The van der Waals surface area contributed by atoms with Gasteiger partial charge in [-0.15, -0.1) is 0 Å². The fourth-order valence-electron chi connectivity index (χ4n) is 5.17. The Balaban J connectivity index is 1.47. The second-order valence-electron chi connectivity index (χ2n) is 8.06. The maximum absolute atomic E-state index is 12.9. The van der Waals surface area contributed by atoms with Crippen molar-refractivity contribution in [2.24, 2.45) is 11.8 Å². The summed E-state index contributed by atoms with van der Waals surface area (Å²) in [6, 6.07) is 7.78. The molecule has 0 saturated carbocycles. The van der Waals surface area contributed by atoms with Crippen LogP contribution in [0.4, 0.5) is 0 Å². The number of carbonyl (C=O) groups excluding carboxylic acids is 1. The molecule has 4 atom stereocenters. The van der Waals surface area contributed by atoms with E-state index < -0.39 is 0 Å². The van der Waals surface area contributed by atoms with Crippen LogP contribution >= 0.6 is 0 Å². The predicted octanol–water partition coefficient (Wildman–Crippen LogP) is 1.81. The smallest absolute Gasteiger partial charge is 0.227 e. The normalized spacial score (nSPS) is 33.1. The summed E-state index contributed by atoms with van der Waals surface area (Å²) in [6.45, 7) is 2.64. The van der Waals surface area contributed by atoms with Crippen molar-refractivity contribution in [1.29, 1.82) is 0 Å². The van der Waals surface area contributed by atoms with Gasteiger partial charge in [-0.05, 0) is 33.0 Å². The first-order valence-corrected chi connectivity index (χ1v) is 9.24. The average molecular weight is 344 g/mol. The number of hydrogen-bond acceptors (Lipinski definition) is 4. The summed E-state index contributed by atoms with van der Waals surface area (Å²) in [6.07, 6.45) is 3.03. The molecule has 0 radical (unpaired) electrons. The molecule has 0 aliphatic carbocycles. The summed E-state index contributed by atoms with van der Waals surface area (Å²) in [7, 11) is 5.90. The van der Waals surface area contributed by atoms with Gasteiger partial charge in [-0.2, -0.15) is 0 Å². The number of hydrogen-bond donors (Lipinski definition) is 0. The highest BCUT2D eigenvalue weighted by Crippen LogP contribution is 2.54. The highest BCUT2D eigenvalue weighted by atomic mass is 16.5. The van der Waals surface area contributed by atoms with Gasteiger partial charge in [-0.1, -0.05) is 18.2 Å². The number of benzene rings is 1. The number of methoxy groups -OCH3 is 1. The molecular weight excluding hydrogens is 316 g/mol. The summed E-state index contributed by atoms with van der Waals surface area (Å²) in [5.41, 5.74) is 0.876. The van der Waals surface area contributed by atoms with Crippen molar-refractivity contribution >= 4 is 5.91 Å². The molecule has 3 fully saturated rings. The fourth-order valence-corrected chi connectivity index (χ4v) is 5.17. The summed E-state index contributed by atoms with van der Waals surface area (Å²) in [5, 5.41) is 0. The van der Waals surface area contributed by atoms with Crippen LogP contribution in [0.1, 0.15) is 18.4 Å². The number of para-hydroxylation sites is 1. The van der Waals surface area contributed by atoms with E-state index in [1.165, 1.54) is 0 Å². The molecule has 1 aromatic carbocycles. The molecule has 3 saturated heterocycles. The van der Waals surface area contributed by atoms with Gasteiger partial charge < -0.3 is 19.3 Å². The standard InChI is InChI=1S/C20H28N2O3/c1-21(2)11-15-16-12-22(13-20(16)9-8-18(15)25-20)19(23)10-14-6-4-5-7-17(14)24-3/h4-7,15-16,18H,8-13H2,1-3H3/t15-,16+,18+,20+/m0/s1. The molecule has 5 heteroatoms. The molecule has 3 aliphatic rings. The van der Waals surface area contributed by atoms with E-state index in [0.29, 0.717) is 24.4 Å². The molecule has 136 valence electrons. The Hall–Kier alpha value is -1.59. The first-order chi connectivity index (χ1) is 12.0. The van der Waals surface area contributed by atoms with E-state index in [0.717, 1.165) is 43.8 Å². The lowest BCUT2D eigenvalue weighted by molar-refractivity contribution is -0.131. The number of amides is 1. The van der Waals surface area contributed by atoms with Crippen LogP contribution in [0.2, 0.25) is 0 Å². The van der Waals surface area contributed by atoms with Gasteiger partial charge in [0, 0.05) is 30.5 Å². The molecule has 5 nitrogen and oxygen atoms in total. The molecule has 4 rings (SSSR count). The van der Waals surface area contributed by atoms with Gasteiger partial charge in [-0.3, -0.25) is 4.79 Å². The van der Waals surface area contributed by atoms with Crippen LogP contribution in [0.15, 0.2) is 24.3 Å². The SMILES string of the molecule is COc1ccccc1CC(=O)N1C[C@@H]2[C@H](CN(C)C)[C@H]3CC[C@]2(C1)O3. The zero-order chi connectivity index (χ0) is 17.6. The zero-order valence-electron chi connectivity index (χ0n) is 15.4. The van der Waals surface area contributed by atoms with Crippen molar-refractivity contribution in [3.05, 3.63) is 29.8 Å². The number of nitrogens with zero attached hydrogens (tertiary/aromatic N) is 2. The second kappa shape index (κ2) is 6.29. The van der Waals surface area contributed by atoms with Crippen molar-refractivity contribution in [3.63, 3.8) is 0 Å². The first-order valence-electron chi connectivity index (χ1n) is 9.24. The van der Waals surface area contributed by atoms with E-state index in [-0.39, 0.29) is 11.5 Å². The van der Waals surface area contributed by atoms with E-state index in [1.54, 1.807) is 7.11 Å². The third-order valence-corrected chi connectivity index (χ3v) is 6.25. The molecule has 0 aromatic heterocycles. The van der Waals surface area contributed by atoms with Crippen molar-refractivity contribution in [3.8, 4) is 5.75 Å². The quantitative estimate of drug-likeness (QED) is 0.817. The summed E-state index contributed by atoms with van der Waals surface area (Å²) >= 11 is 0. The molecule has 1 spiro atoms. The van der Waals surface area contributed by atoms with E-state index >= 15 is 0 Å². The number of likely N-dealkylation sites (tertiary alicyclic amines) is 1. The summed E-state index contributed by atoms with van der Waals surface area (Å²) < 4.78 is 11.8. The van der Waals surface area contributed by atoms with E-state index in [9.17, 15) is 4.79 Å². The lowest BCUT2D eigenvalue weighted by Gasteiger charge is -2.30. The van der Waals surface area contributed by atoms with Gasteiger partial charge in [0.1, 0.15) is 5.75 Å². The van der Waals surface area contributed by atoms with Gasteiger partial charge in [0.05, 0.1) is 31.8 Å².